The lowest BCUT2D eigenvalue weighted by atomic mass is 9.55. The summed E-state index contributed by atoms with van der Waals surface area (Å²) in [7, 11) is 1.70. The normalized spacial score (nSPS) is 22.9. The van der Waals surface area contributed by atoms with Crippen molar-refractivity contribution in [1.29, 1.82) is 0 Å². The van der Waals surface area contributed by atoms with Gasteiger partial charge in [0.1, 0.15) is 29.9 Å². The Morgan fingerprint density at radius 1 is 0.894 bits per heavy atom. The first-order valence-electron chi connectivity index (χ1n) is 22.1. The van der Waals surface area contributed by atoms with Gasteiger partial charge in [-0.15, -0.1) is 6.58 Å². The van der Waals surface area contributed by atoms with E-state index in [4.69, 9.17) is 33.7 Å². The summed E-state index contributed by atoms with van der Waals surface area (Å²) in [5, 5.41) is 47.7. The molecule has 2 N–H and O–H groups in total. The summed E-state index contributed by atoms with van der Waals surface area (Å²) >= 11 is 0. The molecule has 4 aliphatic rings. The van der Waals surface area contributed by atoms with Crippen LogP contribution >= 0.6 is 0 Å². The predicted octanol–water partition coefficient (Wildman–Crippen LogP) is 8.63. The summed E-state index contributed by atoms with van der Waals surface area (Å²) in [5.41, 5.74) is 2.98. The van der Waals surface area contributed by atoms with Gasteiger partial charge in [-0.05, 0) is 103 Å². The molecule has 1 saturated carbocycles. The monoisotopic (exact) mass is 904 g/mol. The van der Waals surface area contributed by atoms with Crippen molar-refractivity contribution in [3.05, 3.63) is 146 Å². The highest BCUT2D eigenvalue weighted by Crippen LogP contribution is 2.62. The summed E-state index contributed by atoms with van der Waals surface area (Å²) in [4.78, 5) is 44.6. The average molecular weight is 905 g/mol. The number of allylic oxidation sites excluding steroid dienone is 1. The standard InChI is InChI=1S/C49H52N4O13/c1-3-23-63-49-45(51(2)48(56)33-15-19-43-44(25-33)62-30-61-43)28-41(50-64-29-31-13-16-34(17-14-31)52(57)58)39-24-32(9-4-6-21-54)38(12-5-7-22-55)46(47(39)49)40-27-37(18-20-42(40)66-49)65-36-11-8-10-35(26-36)53(59)60/h3,8,10-11,13-20,24-27,32,38,45-47,54-55H,1,4-7,9,12,21-23,28-30H2,2H3. The molecule has 8 rings (SSSR count). The number of benzene rings is 4. The van der Waals surface area contributed by atoms with E-state index in [1.807, 2.05) is 6.07 Å². The van der Waals surface area contributed by atoms with Crippen LogP contribution in [0.3, 0.4) is 0 Å². The van der Waals surface area contributed by atoms with Gasteiger partial charge < -0.3 is 43.6 Å². The van der Waals surface area contributed by atoms with Crippen LogP contribution in [0.1, 0.15) is 72.3 Å². The minimum Gasteiger partial charge on any atom is -0.459 e. The SMILES string of the molecule is C=CCOC12Oc3ccc(Oc4cccc([N+](=O)[O-])c4)cc3C3C(CCCCO)C(CCCCO)C=C(C(=NOCc4ccc([N+](=O)[O-])cc4)CC1N(C)C(=O)c1ccc4c(c1)OCO4)C32. The number of hydrogen-bond acceptors (Lipinski definition) is 14. The van der Waals surface area contributed by atoms with Crippen LogP contribution in [0.2, 0.25) is 0 Å². The minimum absolute atomic E-state index is 0.000989. The Bertz CT molecular complexity index is 2510. The summed E-state index contributed by atoms with van der Waals surface area (Å²) in [6, 6.07) is 21.6. The molecule has 0 spiro atoms. The first-order chi connectivity index (χ1) is 32.0. The zero-order chi connectivity index (χ0) is 46.4. The van der Waals surface area contributed by atoms with E-state index in [-0.39, 0.29) is 80.4 Å². The molecule has 0 radical (unpaired) electrons. The molecule has 6 unspecified atom stereocenters. The molecule has 2 aliphatic heterocycles. The number of nitro groups is 2. The van der Waals surface area contributed by atoms with E-state index in [1.54, 1.807) is 72.6 Å². The van der Waals surface area contributed by atoms with E-state index in [0.29, 0.717) is 65.5 Å². The lowest BCUT2D eigenvalue weighted by Gasteiger charge is -2.59. The third-order valence-corrected chi connectivity index (χ3v) is 12.9. The van der Waals surface area contributed by atoms with Gasteiger partial charge in [0.15, 0.2) is 11.5 Å². The fraction of sp³-hybridized carbons (Fsp3) is 0.388. The molecule has 1 amide bonds. The number of amides is 1. The van der Waals surface area contributed by atoms with Crippen molar-refractivity contribution < 1.29 is 53.4 Å². The number of nitro benzene ring substituents is 2. The van der Waals surface area contributed by atoms with Crippen LogP contribution in [0.25, 0.3) is 0 Å². The minimum atomic E-state index is -1.54. The fourth-order valence-electron chi connectivity index (χ4n) is 9.86. The zero-order valence-electron chi connectivity index (χ0n) is 36.5. The Labute approximate surface area is 381 Å². The van der Waals surface area contributed by atoms with Crippen molar-refractivity contribution in [2.24, 2.45) is 22.9 Å². The Hall–Kier alpha value is -6.82. The second kappa shape index (κ2) is 20.1. The average Bonchev–Trinajstić information content (AvgIpc) is 3.80. The molecule has 17 nitrogen and oxygen atoms in total. The molecule has 0 aromatic heterocycles. The quantitative estimate of drug-likeness (QED) is 0.0368. The number of likely N-dealkylation sites (N-methyl/N-ethyl adjacent to an activating group) is 1. The number of oxime groups is 1. The molecule has 66 heavy (non-hydrogen) atoms. The number of carbonyl (C=O) groups excluding carboxylic acids is 1. The van der Waals surface area contributed by atoms with Crippen LogP contribution in [-0.4, -0.2) is 82.1 Å². The first kappa shape index (κ1) is 45.7. The molecule has 346 valence electrons. The van der Waals surface area contributed by atoms with E-state index >= 15 is 0 Å². The molecule has 2 heterocycles. The molecule has 1 fully saturated rings. The van der Waals surface area contributed by atoms with Crippen LogP contribution in [0.4, 0.5) is 11.4 Å². The Kier molecular flexibility index (Phi) is 14.0. The maximum absolute atomic E-state index is 14.8. The van der Waals surface area contributed by atoms with Gasteiger partial charge >= 0.3 is 0 Å². The Balaban J connectivity index is 1.29. The number of rotatable bonds is 20. The molecule has 4 aromatic carbocycles. The van der Waals surface area contributed by atoms with Crippen LogP contribution < -0.4 is 18.9 Å². The number of aliphatic hydroxyl groups excluding tert-OH is 2. The highest BCUT2D eigenvalue weighted by Gasteiger charge is 2.65. The molecule has 0 bridgehead atoms. The highest BCUT2D eigenvalue weighted by atomic mass is 16.7. The van der Waals surface area contributed by atoms with Crippen LogP contribution in [0.15, 0.2) is 114 Å². The lowest BCUT2D eigenvalue weighted by molar-refractivity contribution is -0.385. The van der Waals surface area contributed by atoms with Crippen molar-refractivity contribution in [3.8, 4) is 28.7 Å². The van der Waals surface area contributed by atoms with Gasteiger partial charge in [-0.25, -0.2) is 0 Å². The van der Waals surface area contributed by atoms with E-state index in [0.717, 1.165) is 24.0 Å². The predicted molar refractivity (Wildman–Crippen MR) is 241 cm³/mol. The second-order valence-corrected chi connectivity index (χ2v) is 16.8. The highest BCUT2D eigenvalue weighted by molar-refractivity contribution is 6.03. The zero-order valence-corrected chi connectivity index (χ0v) is 36.5. The maximum atomic E-state index is 14.8. The van der Waals surface area contributed by atoms with Gasteiger partial charge in [-0.1, -0.05) is 36.2 Å². The van der Waals surface area contributed by atoms with Crippen molar-refractivity contribution >= 4 is 23.0 Å². The molecule has 4 aromatic rings. The van der Waals surface area contributed by atoms with Crippen LogP contribution in [0.5, 0.6) is 28.7 Å². The second-order valence-electron chi connectivity index (χ2n) is 16.8. The Morgan fingerprint density at radius 2 is 1.62 bits per heavy atom. The molecule has 0 saturated heterocycles. The topological polar surface area (TPSA) is 215 Å². The van der Waals surface area contributed by atoms with Gasteiger partial charge in [-0.2, -0.15) is 0 Å². The van der Waals surface area contributed by atoms with E-state index in [2.05, 4.69) is 12.7 Å². The Morgan fingerprint density at radius 3 is 2.36 bits per heavy atom. The van der Waals surface area contributed by atoms with Gasteiger partial charge in [0.05, 0.1) is 34.1 Å². The van der Waals surface area contributed by atoms with Gasteiger partial charge in [-0.3, -0.25) is 25.0 Å². The van der Waals surface area contributed by atoms with Gasteiger partial charge in [0, 0.05) is 61.9 Å². The molecular weight excluding hydrogens is 853 g/mol. The third-order valence-electron chi connectivity index (χ3n) is 12.9. The number of hydrogen-bond donors (Lipinski definition) is 2. The maximum Gasteiger partial charge on any atom is 0.273 e. The summed E-state index contributed by atoms with van der Waals surface area (Å²) in [5.74, 6) is -0.858. The molecule has 17 heteroatoms. The largest absolute Gasteiger partial charge is 0.459 e. The summed E-state index contributed by atoms with van der Waals surface area (Å²) in [6.45, 7) is 4.12. The number of carbonyl (C=O) groups is 1. The van der Waals surface area contributed by atoms with E-state index < -0.39 is 27.6 Å². The molecular formula is C49H52N4O13. The van der Waals surface area contributed by atoms with Crippen molar-refractivity contribution in [3.63, 3.8) is 0 Å². The molecule has 2 aliphatic carbocycles. The number of fused-ring (bicyclic) bond motifs is 3. The number of ether oxygens (including phenoxy) is 5. The number of nitrogens with zero attached hydrogens (tertiary/aromatic N) is 4. The fourth-order valence-corrected chi connectivity index (χ4v) is 9.86. The van der Waals surface area contributed by atoms with Crippen molar-refractivity contribution in [2.75, 3.05) is 33.7 Å². The lowest BCUT2D eigenvalue weighted by Crippen LogP contribution is -2.69. The number of unbranched alkanes of at least 4 members (excludes halogenated alkanes) is 2. The summed E-state index contributed by atoms with van der Waals surface area (Å²) in [6.07, 6.45) is 8.00. The number of aliphatic hydroxyl groups is 2. The molecule has 6 atom stereocenters. The third kappa shape index (κ3) is 9.32. The van der Waals surface area contributed by atoms with Crippen molar-refractivity contribution in [1.82, 2.24) is 4.90 Å². The van der Waals surface area contributed by atoms with Crippen LogP contribution in [0, 0.1) is 38.0 Å². The first-order valence-corrected chi connectivity index (χ1v) is 22.1. The summed E-state index contributed by atoms with van der Waals surface area (Å²) < 4.78 is 31.7. The smallest absolute Gasteiger partial charge is 0.273 e. The number of non-ortho nitro benzene ring substituents is 2. The van der Waals surface area contributed by atoms with E-state index in [9.17, 15) is 35.2 Å². The van der Waals surface area contributed by atoms with Crippen LogP contribution in [-0.2, 0) is 16.2 Å². The van der Waals surface area contributed by atoms with Gasteiger partial charge in [0.25, 0.3) is 17.3 Å². The van der Waals surface area contributed by atoms with E-state index in [1.165, 1.54) is 24.3 Å². The van der Waals surface area contributed by atoms with Gasteiger partial charge in [0.2, 0.25) is 12.6 Å². The van der Waals surface area contributed by atoms with Crippen molar-refractivity contribution in [2.45, 2.75) is 69.3 Å².